The molecule has 0 saturated heterocycles. The molecular weight excluding hydrogens is 250 g/mol. The molecule has 0 saturated carbocycles. The topological polar surface area (TPSA) is 101 Å². The third kappa shape index (κ3) is 2.19. The van der Waals surface area contributed by atoms with Gasteiger partial charge in [-0.2, -0.15) is 13.5 Å². The van der Waals surface area contributed by atoms with Crippen LogP contribution in [0.1, 0.15) is 11.9 Å². The highest BCUT2D eigenvalue weighted by molar-refractivity contribution is 7.92. The predicted octanol–water partition coefficient (Wildman–Crippen LogP) is 0.624. The first-order valence-electron chi connectivity index (χ1n) is 4.46. The number of anilines is 1. The number of hydrogen-bond donors (Lipinski definition) is 2. The van der Waals surface area contributed by atoms with Gasteiger partial charge in [0.15, 0.2) is 5.03 Å². The Kier molecular flexibility index (Phi) is 2.88. The maximum Gasteiger partial charge on any atom is 0.280 e. The molecule has 0 amide bonds. The summed E-state index contributed by atoms with van der Waals surface area (Å²) in [6.07, 6.45) is 2.09. The molecule has 2 aromatic rings. The van der Waals surface area contributed by atoms with Crippen LogP contribution in [-0.2, 0) is 16.4 Å². The lowest BCUT2D eigenvalue weighted by Crippen LogP contribution is -2.13. The Morgan fingerprint density at radius 2 is 2.31 bits per heavy atom. The van der Waals surface area contributed by atoms with Crippen molar-refractivity contribution in [1.82, 2.24) is 20.4 Å². The third-order valence-corrected chi connectivity index (χ3v) is 4.14. The molecule has 2 N–H and O–H groups in total. The van der Waals surface area contributed by atoms with Gasteiger partial charge in [-0.05, 0) is 12.5 Å². The lowest BCUT2D eigenvalue weighted by Gasteiger charge is -2.00. The second-order valence-electron chi connectivity index (χ2n) is 2.88. The molecule has 2 aromatic heterocycles. The molecule has 0 radical (unpaired) electrons. The first-order valence-corrected chi connectivity index (χ1v) is 6.76. The summed E-state index contributed by atoms with van der Waals surface area (Å²) in [4.78, 5) is 0. The normalized spacial score (nSPS) is 11.6. The van der Waals surface area contributed by atoms with E-state index < -0.39 is 10.0 Å². The smallest absolute Gasteiger partial charge is 0.266 e. The summed E-state index contributed by atoms with van der Waals surface area (Å²) in [5.74, 6) is 0. The summed E-state index contributed by atoms with van der Waals surface area (Å²) in [6, 6.07) is 1.37. The first-order chi connectivity index (χ1) is 7.62. The van der Waals surface area contributed by atoms with E-state index in [1.807, 2.05) is 6.92 Å². The average Bonchev–Trinajstić information content (AvgIpc) is 2.86. The molecule has 0 unspecified atom stereocenters. The maximum atomic E-state index is 11.7. The second-order valence-corrected chi connectivity index (χ2v) is 5.59. The minimum absolute atomic E-state index is 0.000693. The number of rotatable bonds is 4. The number of aromatic amines is 1. The van der Waals surface area contributed by atoms with Crippen molar-refractivity contribution in [3.05, 3.63) is 17.3 Å². The SMILES string of the molecule is CCc1nnc(NS(=O)(=O)c2ccn[nH]2)s1. The van der Waals surface area contributed by atoms with E-state index in [9.17, 15) is 8.42 Å². The van der Waals surface area contributed by atoms with Gasteiger partial charge < -0.3 is 0 Å². The molecule has 7 nitrogen and oxygen atoms in total. The fourth-order valence-corrected chi connectivity index (χ4v) is 2.82. The Morgan fingerprint density at radius 1 is 1.50 bits per heavy atom. The van der Waals surface area contributed by atoms with Crippen molar-refractivity contribution in [3.63, 3.8) is 0 Å². The van der Waals surface area contributed by atoms with Crippen LogP contribution in [0.15, 0.2) is 17.3 Å². The molecule has 2 rings (SSSR count). The average molecular weight is 259 g/mol. The van der Waals surface area contributed by atoms with Gasteiger partial charge in [-0.25, -0.2) is 0 Å². The third-order valence-electron chi connectivity index (χ3n) is 1.76. The van der Waals surface area contributed by atoms with Gasteiger partial charge in [-0.15, -0.1) is 10.2 Å². The largest absolute Gasteiger partial charge is 0.280 e. The molecule has 86 valence electrons. The highest BCUT2D eigenvalue weighted by Gasteiger charge is 2.17. The summed E-state index contributed by atoms with van der Waals surface area (Å²) in [7, 11) is -3.63. The van der Waals surface area contributed by atoms with Crippen molar-refractivity contribution in [1.29, 1.82) is 0 Å². The zero-order valence-corrected chi connectivity index (χ0v) is 9.97. The van der Waals surface area contributed by atoms with Gasteiger partial charge in [-0.1, -0.05) is 18.3 Å². The molecule has 2 heterocycles. The van der Waals surface area contributed by atoms with E-state index in [0.717, 1.165) is 11.4 Å². The molecule has 0 fully saturated rings. The van der Waals surface area contributed by atoms with Crippen molar-refractivity contribution in [3.8, 4) is 0 Å². The minimum atomic E-state index is -3.63. The van der Waals surface area contributed by atoms with Gasteiger partial charge in [0.25, 0.3) is 10.0 Å². The molecule has 16 heavy (non-hydrogen) atoms. The van der Waals surface area contributed by atoms with E-state index >= 15 is 0 Å². The van der Waals surface area contributed by atoms with E-state index in [1.165, 1.54) is 23.6 Å². The summed E-state index contributed by atoms with van der Waals surface area (Å²) in [5.41, 5.74) is 0. The van der Waals surface area contributed by atoms with Crippen LogP contribution in [0.3, 0.4) is 0 Å². The standard InChI is InChI=1S/C7H9N5O2S2/c1-2-5-9-11-7(15-5)12-16(13,14)6-3-4-8-10-6/h3-4H,2H2,1H3,(H,8,10)(H,11,12). The number of hydrogen-bond acceptors (Lipinski definition) is 6. The molecular formula is C7H9N5O2S2. The van der Waals surface area contributed by atoms with Crippen molar-refractivity contribution >= 4 is 26.5 Å². The van der Waals surface area contributed by atoms with Crippen molar-refractivity contribution in [2.24, 2.45) is 0 Å². The number of nitrogens with zero attached hydrogens (tertiary/aromatic N) is 3. The van der Waals surface area contributed by atoms with Gasteiger partial charge >= 0.3 is 0 Å². The fraction of sp³-hybridized carbons (Fsp3) is 0.286. The zero-order valence-electron chi connectivity index (χ0n) is 8.34. The summed E-state index contributed by atoms with van der Waals surface area (Å²) in [5, 5.41) is 14.5. The monoisotopic (exact) mass is 259 g/mol. The van der Waals surface area contributed by atoms with E-state index in [4.69, 9.17) is 0 Å². The molecule has 9 heteroatoms. The summed E-state index contributed by atoms with van der Waals surface area (Å²) < 4.78 is 25.8. The predicted molar refractivity (Wildman–Crippen MR) is 58.7 cm³/mol. The molecule has 0 atom stereocenters. The lowest BCUT2D eigenvalue weighted by molar-refractivity contribution is 0.597. The van der Waals surface area contributed by atoms with Gasteiger partial charge in [0.1, 0.15) is 5.01 Å². The molecule has 0 spiro atoms. The van der Waals surface area contributed by atoms with Crippen molar-refractivity contribution in [2.75, 3.05) is 4.72 Å². The lowest BCUT2D eigenvalue weighted by atomic mass is 10.5. The summed E-state index contributed by atoms with van der Waals surface area (Å²) in [6.45, 7) is 1.92. The summed E-state index contributed by atoms with van der Waals surface area (Å²) >= 11 is 1.21. The van der Waals surface area contributed by atoms with Gasteiger partial charge in [0.05, 0.1) is 6.20 Å². The molecule has 0 bridgehead atoms. The van der Waals surface area contributed by atoms with Crippen LogP contribution in [-0.4, -0.2) is 28.8 Å². The number of aromatic nitrogens is 4. The van der Waals surface area contributed by atoms with E-state index in [-0.39, 0.29) is 10.2 Å². The Bertz CT molecular complexity index is 559. The highest BCUT2D eigenvalue weighted by Crippen LogP contribution is 2.18. The molecule has 0 aliphatic carbocycles. The van der Waals surface area contributed by atoms with E-state index in [0.29, 0.717) is 0 Å². The van der Waals surface area contributed by atoms with E-state index in [1.54, 1.807) is 0 Å². The van der Waals surface area contributed by atoms with Crippen molar-refractivity contribution in [2.45, 2.75) is 18.4 Å². The number of H-pyrrole nitrogens is 1. The second kappa shape index (κ2) is 4.18. The van der Waals surface area contributed by atoms with Crippen LogP contribution in [0, 0.1) is 0 Å². The van der Waals surface area contributed by atoms with Crippen molar-refractivity contribution < 1.29 is 8.42 Å². The Labute approximate surface area is 96.0 Å². The Morgan fingerprint density at radius 3 is 2.88 bits per heavy atom. The Balaban J connectivity index is 2.21. The molecule has 0 aliphatic rings. The first kappa shape index (κ1) is 11.0. The number of nitrogens with one attached hydrogen (secondary N) is 2. The van der Waals surface area contributed by atoms with Crippen LogP contribution >= 0.6 is 11.3 Å². The quantitative estimate of drug-likeness (QED) is 0.838. The van der Waals surface area contributed by atoms with Crippen LogP contribution < -0.4 is 4.72 Å². The van der Waals surface area contributed by atoms with Crippen LogP contribution in [0.5, 0.6) is 0 Å². The number of sulfonamides is 1. The highest BCUT2D eigenvalue weighted by atomic mass is 32.2. The fourth-order valence-electron chi connectivity index (χ4n) is 1.00. The Hall–Kier alpha value is -1.48. The van der Waals surface area contributed by atoms with Crippen LogP contribution in [0.25, 0.3) is 0 Å². The maximum absolute atomic E-state index is 11.7. The zero-order chi connectivity index (χ0) is 11.6. The minimum Gasteiger partial charge on any atom is -0.266 e. The van der Waals surface area contributed by atoms with Gasteiger partial charge in [0, 0.05) is 0 Å². The van der Waals surface area contributed by atoms with Crippen LogP contribution in [0.2, 0.25) is 0 Å². The molecule has 0 aromatic carbocycles. The van der Waals surface area contributed by atoms with Crippen LogP contribution in [0.4, 0.5) is 5.13 Å². The van der Waals surface area contributed by atoms with Gasteiger partial charge in [-0.3, -0.25) is 9.82 Å². The molecule has 0 aliphatic heterocycles. The number of aryl methyl sites for hydroxylation is 1. The van der Waals surface area contributed by atoms with Gasteiger partial charge in [0.2, 0.25) is 5.13 Å². The van der Waals surface area contributed by atoms with E-state index in [2.05, 4.69) is 25.1 Å².